The summed E-state index contributed by atoms with van der Waals surface area (Å²) >= 11 is 0. The van der Waals surface area contributed by atoms with Crippen LogP contribution in [0, 0.1) is 12.7 Å². The molecule has 1 aromatic rings. The Hall–Kier alpha value is -1.62. The van der Waals surface area contributed by atoms with Gasteiger partial charge in [0.25, 0.3) is 0 Å². The van der Waals surface area contributed by atoms with Crippen LogP contribution in [0.25, 0.3) is 0 Å². The predicted octanol–water partition coefficient (Wildman–Crippen LogP) is 2.03. The lowest BCUT2D eigenvalue weighted by molar-refractivity contribution is 0.241. The van der Waals surface area contributed by atoms with Gasteiger partial charge in [0, 0.05) is 12.6 Å². The largest absolute Gasteiger partial charge is 0.396 e. The second-order valence-corrected chi connectivity index (χ2v) is 4.00. The summed E-state index contributed by atoms with van der Waals surface area (Å²) in [7, 11) is 0. The quantitative estimate of drug-likeness (QED) is 0.754. The van der Waals surface area contributed by atoms with Crippen molar-refractivity contribution in [3.63, 3.8) is 0 Å². The standard InChI is InChI=1S/C12H17FN2O2/c1-8-3-4-11(10(13)7-8)15-12(17)14-9(2)5-6-16/h3-4,7,9,16H,5-6H2,1-2H3,(H2,14,15,17)/t9-/m1/s1. The lowest BCUT2D eigenvalue weighted by Crippen LogP contribution is -2.36. The maximum Gasteiger partial charge on any atom is 0.319 e. The zero-order valence-corrected chi connectivity index (χ0v) is 9.96. The Labute approximate surface area is 99.8 Å². The minimum Gasteiger partial charge on any atom is -0.396 e. The van der Waals surface area contributed by atoms with Crippen LogP contribution in [0.1, 0.15) is 18.9 Å². The molecule has 0 aliphatic carbocycles. The number of hydrogen-bond donors (Lipinski definition) is 3. The van der Waals surface area contributed by atoms with Crippen LogP contribution in [0.3, 0.4) is 0 Å². The summed E-state index contributed by atoms with van der Waals surface area (Å²) in [5.74, 6) is -0.463. The minimum atomic E-state index is -0.478. The molecule has 0 heterocycles. The van der Waals surface area contributed by atoms with Gasteiger partial charge in [0.1, 0.15) is 5.82 Å². The zero-order valence-electron chi connectivity index (χ0n) is 9.96. The number of hydrogen-bond acceptors (Lipinski definition) is 2. The highest BCUT2D eigenvalue weighted by atomic mass is 19.1. The Morgan fingerprint density at radius 3 is 2.82 bits per heavy atom. The number of carbonyl (C=O) groups excluding carboxylic acids is 1. The van der Waals surface area contributed by atoms with Crippen LogP contribution in [-0.4, -0.2) is 23.8 Å². The number of aryl methyl sites for hydroxylation is 1. The normalized spacial score (nSPS) is 12.0. The van der Waals surface area contributed by atoms with Crippen LogP contribution in [0.2, 0.25) is 0 Å². The van der Waals surface area contributed by atoms with Crippen molar-refractivity contribution in [2.75, 3.05) is 11.9 Å². The number of benzene rings is 1. The summed E-state index contributed by atoms with van der Waals surface area (Å²) in [5.41, 5.74) is 0.936. The first-order chi connectivity index (χ1) is 8.02. The third-order valence-electron chi connectivity index (χ3n) is 2.31. The van der Waals surface area contributed by atoms with Crippen molar-refractivity contribution in [2.45, 2.75) is 26.3 Å². The van der Waals surface area contributed by atoms with Crippen molar-refractivity contribution in [3.8, 4) is 0 Å². The van der Waals surface area contributed by atoms with Crippen molar-refractivity contribution in [1.29, 1.82) is 0 Å². The van der Waals surface area contributed by atoms with Crippen LogP contribution < -0.4 is 10.6 Å². The average Bonchev–Trinajstić information content (AvgIpc) is 2.22. The van der Waals surface area contributed by atoms with E-state index < -0.39 is 11.8 Å². The van der Waals surface area contributed by atoms with E-state index in [0.29, 0.717) is 6.42 Å². The number of carbonyl (C=O) groups is 1. The number of aliphatic hydroxyl groups excluding tert-OH is 1. The van der Waals surface area contributed by atoms with Gasteiger partial charge in [0.2, 0.25) is 0 Å². The number of anilines is 1. The van der Waals surface area contributed by atoms with E-state index in [1.807, 2.05) is 0 Å². The topological polar surface area (TPSA) is 61.4 Å². The third-order valence-corrected chi connectivity index (χ3v) is 2.31. The Bertz CT molecular complexity index is 396. The Balaban J connectivity index is 2.56. The molecule has 0 spiro atoms. The van der Waals surface area contributed by atoms with Gasteiger partial charge >= 0.3 is 6.03 Å². The third kappa shape index (κ3) is 4.40. The summed E-state index contributed by atoms with van der Waals surface area (Å²) in [5, 5.41) is 13.7. The SMILES string of the molecule is Cc1ccc(NC(=O)N[C@H](C)CCO)c(F)c1. The molecule has 17 heavy (non-hydrogen) atoms. The molecule has 0 fully saturated rings. The van der Waals surface area contributed by atoms with Crippen LogP contribution in [0.4, 0.5) is 14.9 Å². The van der Waals surface area contributed by atoms with Crippen molar-refractivity contribution < 1.29 is 14.3 Å². The van der Waals surface area contributed by atoms with E-state index in [-0.39, 0.29) is 18.3 Å². The number of rotatable bonds is 4. The molecule has 5 heteroatoms. The summed E-state index contributed by atoms with van der Waals surface area (Å²) in [6, 6.07) is 3.95. The summed E-state index contributed by atoms with van der Waals surface area (Å²) < 4.78 is 13.4. The molecule has 0 unspecified atom stereocenters. The Morgan fingerprint density at radius 1 is 1.53 bits per heavy atom. The summed E-state index contributed by atoms with van der Waals surface area (Å²) in [6.07, 6.45) is 0.462. The first kappa shape index (κ1) is 13.4. The predicted molar refractivity (Wildman–Crippen MR) is 64.5 cm³/mol. The fourth-order valence-corrected chi connectivity index (χ4v) is 1.37. The van der Waals surface area contributed by atoms with E-state index in [4.69, 9.17) is 5.11 Å². The molecule has 0 radical (unpaired) electrons. The molecule has 0 aliphatic heterocycles. The van der Waals surface area contributed by atoms with Crippen molar-refractivity contribution in [1.82, 2.24) is 5.32 Å². The van der Waals surface area contributed by atoms with E-state index in [1.165, 1.54) is 12.1 Å². The van der Waals surface area contributed by atoms with Crippen LogP contribution in [0.5, 0.6) is 0 Å². The van der Waals surface area contributed by atoms with E-state index in [2.05, 4.69) is 10.6 Å². The molecule has 0 aliphatic rings. The molecule has 4 nitrogen and oxygen atoms in total. The highest BCUT2D eigenvalue weighted by Crippen LogP contribution is 2.14. The van der Waals surface area contributed by atoms with Gasteiger partial charge in [-0.15, -0.1) is 0 Å². The lowest BCUT2D eigenvalue weighted by atomic mass is 10.2. The molecular weight excluding hydrogens is 223 g/mol. The number of nitrogens with one attached hydrogen (secondary N) is 2. The molecule has 1 rings (SSSR count). The van der Waals surface area contributed by atoms with Gasteiger partial charge < -0.3 is 15.7 Å². The highest BCUT2D eigenvalue weighted by Gasteiger charge is 2.09. The smallest absolute Gasteiger partial charge is 0.319 e. The second-order valence-electron chi connectivity index (χ2n) is 4.00. The minimum absolute atomic E-state index is 0.000337. The van der Waals surface area contributed by atoms with Gasteiger partial charge in [0.15, 0.2) is 0 Å². The Morgan fingerprint density at radius 2 is 2.24 bits per heavy atom. The van der Waals surface area contributed by atoms with Crippen LogP contribution in [0.15, 0.2) is 18.2 Å². The maximum absolute atomic E-state index is 13.4. The first-order valence-corrected chi connectivity index (χ1v) is 5.47. The molecule has 2 amide bonds. The molecule has 0 saturated carbocycles. The number of halogens is 1. The second kappa shape index (κ2) is 6.20. The van der Waals surface area contributed by atoms with E-state index >= 15 is 0 Å². The van der Waals surface area contributed by atoms with Crippen molar-refractivity contribution in [3.05, 3.63) is 29.6 Å². The molecule has 0 aromatic heterocycles. The molecule has 1 aromatic carbocycles. The molecule has 1 atom stereocenters. The fraction of sp³-hybridized carbons (Fsp3) is 0.417. The molecule has 94 valence electrons. The van der Waals surface area contributed by atoms with E-state index in [0.717, 1.165) is 5.56 Å². The molecule has 0 saturated heterocycles. The van der Waals surface area contributed by atoms with Crippen LogP contribution >= 0.6 is 0 Å². The van der Waals surface area contributed by atoms with E-state index in [1.54, 1.807) is 19.9 Å². The Kier molecular flexibility index (Phi) is 4.90. The van der Waals surface area contributed by atoms with E-state index in [9.17, 15) is 9.18 Å². The van der Waals surface area contributed by atoms with Crippen LogP contribution in [-0.2, 0) is 0 Å². The molecular formula is C12H17FN2O2. The van der Waals surface area contributed by atoms with Gasteiger partial charge in [-0.3, -0.25) is 0 Å². The van der Waals surface area contributed by atoms with Crippen molar-refractivity contribution >= 4 is 11.7 Å². The van der Waals surface area contributed by atoms with Gasteiger partial charge in [-0.25, -0.2) is 9.18 Å². The molecule has 3 N–H and O–H groups in total. The molecule has 0 bridgehead atoms. The fourth-order valence-electron chi connectivity index (χ4n) is 1.37. The number of aliphatic hydroxyl groups is 1. The van der Waals surface area contributed by atoms with Gasteiger partial charge in [-0.1, -0.05) is 6.07 Å². The zero-order chi connectivity index (χ0) is 12.8. The number of urea groups is 1. The summed E-state index contributed by atoms with van der Waals surface area (Å²) in [4.78, 5) is 11.5. The lowest BCUT2D eigenvalue weighted by Gasteiger charge is -2.13. The number of amides is 2. The maximum atomic E-state index is 13.4. The monoisotopic (exact) mass is 240 g/mol. The summed E-state index contributed by atoms with van der Waals surface area (Å²) in [6.45, 7) is 3.54. The van der Waals surface area contributed by atoms with Crippen molar-refractivity contribution in [2.24, 2.45) is 0 Å². The van der Waals surface area contributed by atoms with Gasteiger partial charge in [0.05, 0.1) is 5.69 Å². The highest BCUT2D eigenvalue weighted by molar-refractivity contribution is 5.89. The van der Waals surface area contributed by atoms with Gasteiger partial charge in [-0.2, -0.15) is 0 Å². The average molecular weight is 240 g/mol. The first-order valence-electron chi connectivity index (χ1n) is 5.47. The van der Waals surface area contributed by atoms with Gasteiger partial charge in [-0.05, 0) is 38.0 Å².